The molecule has 2 heterocycles. The second-order valence-corrected chi connectivity index (χ2v) is 7.23. The van der Waals surface area contributed by atoms with Crippen LogP contribution in [0.25, 0.3) is 0 Å². The molecule has 1 saturated heterocycles. The summed E-state index contributed by atoms with van der Waals surface area (Å²) < 4.78 is 11.1. The maximum absolute atomic E-state index is 11.7. The average Bonchev–Trinajstić information content (AvgIpc) is 3.19. The van der Waals surface area contributed by atoms with Gasteiger partial charge in [-0.2, -0.15) is 4.98 Å². The predicted molar refractivity (Wildman–Crippen MR) is 101 cm³/mol. The fourth-order valence-corrected chi connectivity index (χ4v) is 3.26. The number of nitrogens with zero attached hydrogens (tertiary/aromatic N) is 2. The van der Waals surface area contributed by atoms with E-state index in [2.05, 4.69) is 34.6 Å². The molecule has 0 saturated carbocycles. The van der Waals surface area contributed by atoms with E-state index in [1.54, 1.807) is 7.05 Å². The summed E-state index contributed by atoms with van der Waals surface area (Å²) in [5, 5.41) is 10.3. The third-order valence-electron chi connectivity index (χ3n) is 4.95. The Morgan fingerprint density at radius 2 is 1.93 bits per heavy atom. The monoisotopic (exact) mass is 372 g/mol. The molecule has 7 nitrogen and oxygen atoms in total. The van der Waals surface area contributed by atoms with Crippen molar-refractivity contribution in [2.24, 2.45) is 5.92 Å². The molecule has 1 atom stereocenters. The highest BCUT2D eigenvalue weighted by molar-refractivity contribution is 5.93. The first-order chi connectivity index (χ1) is 13.1. The highest BCUT2D eigenvalue weighted by atomic mass is 16.5. The predicted octanol–water partition coefficient (Wildman–Crippen LogP) is 2.81. The largest absolute Gasteiger partial charge is 0.381 e. The Hall–Kier alpha value is -2.25. The molecular formula is C20H28N4O3. The van der Waals surface area contributed by atoms with Crippen molar-refractivity contribution in [1.29, 1.82) is 0 Å². The molecule has 0 aliphatic carbocycles. The zero-order chi connectivity index (χ0) is 19.2. The van der Waals surface area contributed by atoms with Gasteiger partial charge in [0.05, 0.1) is 6.04 Å². The van der Waals surface area contributed by atoms with E-state index < -0.39 is 0 Å². The summed E-state index contributed by atoms with van der Waals surface area (Å²) in [6.45, 7) is 6.29. The number of carbonyl (C=O) groups is 1. The van der Waals surface area contributed by atoms with Crippen LogP contribution in [-0.4, -0.2) is 36.3 Å². The van der Waals surface area contributed by atoms with Gasteiger partial charge in [0.1, 0.15) is 0 Å². The fourth-order valence-electron chi connectivity index (χ4n) is 3.26. The molecule has 7 heteroatoms. The van der Waals surface area contributed by atoms with Crippen LogP contribution in [0, 0.1) is 5.92 Å². The summed E-state index contributed by atoms with van der Waals surface area (Å²) in [6, 6.07) is 7.59. The van der Waals surface area contributed by atoms with Crippen molar-refractivity contribution in [3.8, 4) is 0 Å². The molecule has 0 unspecified atom stereocenters. The lowest BCUT2D eigenvalue weighted by atomic mass is 9.91. The Balaban J connectivity index is 1.71. The van der Waals surface area contributed by atoms with E-state index in [9.17, 15) is 4.79 Å². The molecule has 1 amide bonds. The Morgan fingerprint density at radius 1 is 1.22 bits per heavy atom. The van der Waals surface area contributed by atoms with E-state index in [1.165, 1.54) is 0 Å². The molecule has 27 heavy (non-hydrogen) atoms. The Morgan fingerprint density at radius 3 is 2.52 bits per heavy atom. The molecule has 1 aromatic heterocycles. The van der Waals surface area contributed by atoms with Crippen molar-refractivity contribution in [2.45, 2.75) is 45.2 Å². The first-order valence-corrected chi connectivity index (χ1v) is 9.54. The van der Waals surface area contributed by atoms with Crippen LogP contribution < -0.4 is 10.6 Å². The third kappa shape index (κ3) is 4.93. The Kier molecular flexibility index (Phi) is 6.58. The van der Waals surface area contributed by atoms with E-state index in [-0.39, 0.29) is 17.9 Å². The van der Waals surface area contributed by atoms with E-state index in [4.69, 9.17) is 9.26 Å². The van der Waals surface area contributed by atoms with Gasteiger partial charge < -0.3 is 19.9 Å². The zero-order valence-electron chi connectivity index (χ0n) is 16.2. The van der Waals surface area contributed by atoms with Crippen LogP contribution in [0.2, 0.25) is 0 Å². The number of carbonyl (C=O) groups excluding carboxylic acids is 1. The molecule has 1 aromatic carbocycles. The van der Waals surface area contributed by atoms with E-state index in [0.29, 0.717) is 23.9 Å². The van der Waals surface area contributed by atoms with Crippen molar-refractivity contribution >= 4 is 5.91 Å². The van der Waals surface area contributed by atoms with Crippen LogP contribution in [0.4, 0.5) is 0 Å². The molecule has 1 aliphatic heterocycles. The molecule has 2 aromatic rings. The number of aromatic nitrogens is 2. The maximum Gasteiger partial charge on any atom is 0.251 e. The van der Waals surface area contributed by atoms with E-state index >= 15 is 0 Å². The molecule has 0 radical (unpaired) electrons. The molecule has 0 spiro atoms. The fraction of sp³-hybridized carbons (Fsp3) is 0.550. The van der Waals surface area contributed by atoms with Gasteiger partial charge in [0.2, 0.25) is 5.89 Å². The van der Waals surface area contributed by atoms with Gasteiger partial charge >= 0.3 is 0 Å². The van der Waals surface area contributed by atoms with Crippen LogP contribution in [0.15, 0.2) is 28.8 Å². The third-order valence-corrected chi connectivity index (χ3v) is 4.95. The number of amides is 1. The number of hydrogen-bond acceptors (Lipinski definition) is 6. The lowest BCUT2D eigenvalue weighted by molar-refractivity contribution is 0.0485. The Bertz CT molecular complexity index is 736. The number of benzene rings is 1. The molecule has 1 fully saturated rings. The van der Waals surface area contributed by atoms with Crippen LogP contribution >= 0.6 is 0 Å². The normalized spacial score (nSPS) is 16.4. The van der Waals surface area contributed by atoms with Gasteiger partial charge in [0.15, 0.2) is 5.82 Å². The minimum atomic E-state index is -0.0818. The van der Waals surface area contributed by atoms with Gasteiger partial charge in [0, 0.05) is 38.3 Å². The second-order valence-electron chi connectivity index (χ2n) is 7.23. The minimum Gasteiger partial charge on any atom is -0.381 e. The number of rotatable bonds is 7. The van der Waals surface area contributed by atoms with Gasteiger partial charge in [0.25, 0.3) is 5.91 Å². The molecule has 0 bridgehead atoms. The Labute approximate surface area is 159 Å². The highest BCUT2D eigenvalue weighted by Gasteiger charge is 2.30. The summed E-state index contributed by atoms with van der Waals surface area (Å²) in [5.74, 6) is 1.92. The summed E-state index contributed by atoms with van der Waals surface area (Å²) in [7, 11) is 1.63. The van der Waals surface area contributed by atoms with Gasteiger partial charge in [-0.05, 0) is 36.5 Å². The number of nitrogens with one attached hydrogen (secondary N) is 2. The van der Waals surface area contributed by atoms with E-state index in [1.807, 2.05) is 24.3 Å². The van der Waals surface area contributed by atoms with Crippen molar-refractivity contribution < 1.29 is 14.1 Å². The second kappa shape index (κ2) is 9.10. The zero-order valence-corrected chi connectivity index (χ0v) is 16.2. The van der Waals surface area contributed by atoms with Gasteiger partial charge in [-0.15, -0.1) is 0 Å². The van der Waals surface area contributed by atoms with Gasteiger partial charge in [-0.25, -0.2) is 0 Å². The van der Waals surface area contributed by atoms with Gasteiger partial charge in [-0.3, -0.25) is 4.79 Å². The van der Waals surface area contributed by atoms with Crippen molar-refractivity contribution in [2.75, 3.05) is 20.3 Å². The maximum atomic E-state index is 11.7. The van der Waals surface area contributed by atoms with Crippen LogP contribution in [0.1, 0.15) is 66.3 Å². The summed E-state index contributed by atoms with van der Waals surface area (Å²) in [5.41, 5.74) is 1.75. The standard InChI is InChI=1S/C20H28N4O3/c1-13(2)18-23-20(27-24-18)17(15-8-10-26-11-9-15)22-12-14-4-6-16(7-5-14)19(25)21-3/h4-7,13,15,17,22H,8-12H2,1-3H3,(H,21,25)/t17-/m0/s1. The topological polar surface area (TPSA) is 89.3 Å². The molecule has 146 valence electrons. The number of hydrogen-bond donors (Lipinski definition) is 2. The SMILES string of the molecule is CNC(=O)c1ccc(CN[C@H](c2nc(C(C)C)no2)C2CCOCC2)cc1. The van der Waals surface area contributed by atoms with E-state index in [0.717, 1.165) is 37.4 Å². The van der Waals surface area contributed by atoms with Crippen LogP contribution in [0.5, 0.6) is 0 Å². The molecule has 3 rings (SSSR count). The lowest BCUT2D eigenvalue weighted by Gasteiger charge is -2.28. The minimum absolute atomic E-state index is 0.00693. The smallest absolute Gasteiger partial charge is 0.251 e. The number of ether oxygens (including phenoxy) is 1. The summed E-state index contributed by atoms with van der Waals surface area (Å²) in [4.78, 5) is 16.3. The van der Waals surface area contributed by atoms with Crippen molar-refractivity contribution in [3.05, 3.63) is 47.1 Å². The van der Waals surface area contributed by atoms with Crippen LogP contribution in [0.3, 0.4) is 0 Å². The van der Waals surface area contributed by atoms with Crippen molar-refractivity contribution in [3.63, 3.8) is 0 Å². The molecule has 2 N–H and O–H groups in total. The van der Waals surface area contributed by atoms with Crippen LogP contribution in [-0.2, 0) is 11.3 Å². The molecular weight excluding hydrogens is 344 g/mol. The quantitative estimate of drug-likeness (QED) is 0.777. The first kappa shape index (κ1) is 19.5. The summed E-state index contributed by atoms with van der Waals surface area (Å²) >= 11 is 0. The first-order valence-electron chi connectivity index (χ1n) is 9.54. The lowest BCUT2D eigenvalue weighted by Crippen LogP contribution is -2.32. The van der Waals surface area contributed by atoms with Crippen molar-refractivity contribution in [1.82, 2.24) is 20.8 Å². The molecule has 1 aliphatic rings. The highest BCUT2D eigenvalue weighted by Crippen LogP contribution is 2.30. The summed E-state index contributed by atoms with van der Waals surface area (Å²) in [6.07, 6.45) is 1.93. The average molecular weight is 372 g/mol. The van der Waals surface area contributed by atoms with Gasteiger partial charge in [-0.1, -0.05) is 31.1 Å².